The number of nitrogens with zero attached hydrogens (tertiary/aromatic N) is 2. The molecule has 0 aliphatic heterocycles. The first-order valence-electron chi connectivity index (χ1n) is 7.58. The number of Topliss-reactive ketones (excluding diaryl/α,β-unsaturated/α-hetero) is 1. The summed E-state index contributed by atoms with van der Waals surface area (Å²) in [5.41, 5.74) is 3.24. The molecule has 0 aliphatic carbocycles. The number of amides is 1. The average Bonchev–Trinajstić information content (AvgIpc) is 2.93. The number of anilines is 1. The van der Waals surface area contributed by atoms with Gasteiger partial charge in [-0.25, -0.2) is 4.98 Å². The zero-order valence-electron chi connectivity index (χ0n) is 13.3. The van der Waals surface area contributed by atoms with E-state index in [1.54, 1.807) is 28.7 Å². The number of pyridine rings is 1. The van der Waals surface area contributed by atoms with Crippen molar-refractivity contribution in [2.75, 3.05) is 5.32 Å². The van der Waals surface area contributed by atoms with Crippen LogP contribution in [0.3, 0.4) is 0 Å². The second kappa shape index (κ2) is 6.57. The van der Waals surface area contributed by atoms with Crippen molar-refractivity contribution in [3.8, 4) is 0 Å². The van der Waals surface area contributed by atoms with Crippen LogP contribution in [0.1, 0.15) is 40.4 Å². The number of ketones is 1. The van der Waals surface area contributed by atoms with Crippen molar-refractivity contribution in [3.05, 3.63) is 64.0 Å². The zero-order chi connectivity index (χ0) is 17.3. The first-order chi connectivity index (χ1) is 11.5. The molecule has 1 aromatic carbocycles. The van der Waals surface area contributed by atoms with E-state index in [9.17, 15) is 9.59 Å². The number of fused-ring (bicyclic) bond motifs is 1. The summed E-state index contributed by atoms with van der Waals surface area (Å²) in [7, 11) is 0. The molecule has 3 rings (SSSR count). The van der Waals surface area contributed by atoms with Crippen LogP contribution in [-0.4, -0.2) is 21.1 Å². The first-order valence-corrected chi connectivity index (χ1v) is 8.37. The maximum Gasteiger partial charge on any atom is 0.274 e. The lowest BCUT2D eigenvalue weighted by Crippen LogP contribution is -2.16. The van der Waals surface area contributed by atoms with E-state index in [0.29, 0.717) is 23.4 Å². The Kier molecular flexibility index (Phi) is 4.49. The highest BCUT2D eigenvalue weighted by Gasteiger charge is 2.18. The molecular formula is C18H16BrN3O2. The molecule has 0 aliphatic rings. The van der Waals surface area contributed by atoms with Gasteiger partial charge in [-0.1, -0.05) is 6.92 Å². The Morgan fingerprint density at radius 2 is 1.88 bits per heavy atom. The quantitative estimate of drug-likeness (QED) is 0.687. The number of rotatable bonds is 4. The summed E-state index contributed by atoms with van der Waals surface area (Å²) < 4.78 is 2.65. The van der Waals surface area contributed by atoms with E-state index in [1.807, 2.05) is 25.3 Å². The van der Waals surface area contributed by atoms with Gasteiger partial charge in [0.1, 0.15) is 11.3 Å². The minimum absolute atomic E-state index is 0.00669. The van der Waals surface area contributed by atoms with E-state index < -0.39 is 0 Å². The third-order valence-electron chi connectivity index (χ3n) is 3.75. The summed E-state index contributed by atoms with van der Waals surface area (Å²) >= 11 is 3.42. The Labute approximate surface area is 147 Å². The third kappa shape index (κ3) is 3.10. The Bertz CT molecular complexity index is 929. The van der Waals surface area contributed by atoms with E-state index in [4.69, 9.17) is 0 Å². The van der Waals surface area contributed by atoms with E-state index in [0.717, 1.165) is 15.8 Å². The van der Waals surface area contributed by atoms with Crippen LogP contribution in [0.5, 0.6) is 0 Å². The molecule has 0 radical (unpaired) electrons. The van der Waals surface area contributed by atoms with Crippen LogP contribution in [-0.2, 0) is 6.42 Å². The molecule has 0 fully saturated rings. The lowest BCUT2D eigenvalue weighted by Gasteiger charge is -2.07. The first kappa shape index (κ1) is 16.4. The molecule has 1 amide bonds. The highest BCUT2D eigenvalue weighted by atomic mass is 79.9. The number of nitrogens with one attached hydrogen (secondary N) is 1. The minimum atomic E-state index is -0.229. The predicted octanol–water partition coefficient (Wildman–Crippen LogP) is 4.11. The molecule has 3 aromatic rings. The fourth-order valence-electron chi connectivity index (χ4n) is 2.53. The molecule has 24 heavy (non-hydrogen) atoms. The number of halogens is 1. The SMILES string of the molecule is CCc1nc2ccc(Br)cn2c1C(=O)Nc1ccc(C(C)=O)cc1. The molecule has 0 atom stereocenters. The van der Waals surface area contributed by atoms with Crippen LogP contribution in [0.4, 0.5) is 5.69 Å². The molecule has 0 spiro atoms. The number of hydrogen-bond donors (Lipinski definition) is 1. The van der Waals surface area contributed by atoms with Gasteiger partial charge < -0.3 is 5.32 Å². The molecule has 2 heterocycles. The summed E-state index contributed by atoms with van der Waals surface area (Å²) in [4.78, 5) is 28.6. The Morgan fingerprint density at radius 1 is 1.17 bits per heavy atom. The van der Waals surface area contributed by atoms with Crippen molar-refractivity contribution in [1.29, 1.82) is 0 Å². The molecule has 2 aromatic heterocycles. The number of carbonyl (C=O) groups excluding carboxylic acids is 2. The van der Waals surface area contributed by atoms with Crippen LogP contribution in [0, 0.1) is 0 Å². The molecule has 5 nitrogen and oxygen atoms in total. The summed E-state index contributed by atoms with van der Waals surface area (Å²) in [5, 5.41) is 2.87. The summed E-state index contributed by atoms with van der Waals surface area (Å²) in [5.74, 6) is -0.235. The standard InChI is InChI=1S/C18H16BrN3O2/c1-3-15-17(22-10-13(19)6-9-16(22)21-15)18(24)20-14-7-4-12(5-8-14)11(2)23/h4-10H,3H2,1-2H3,(H,20,24). The number of imidazole rings is 1. The van der Waals surface area contributed by atoms with Crippen molar-refractivity contribution in [2.24, 2.45) is 0 Å². The summed E-state index contributed by atoms with van der Waals surface area (Å²) in [6.45, 7) is 3.48. The second-order valence-corrected chi connectivity index (χ2v) is 6.34. The summed E-state index contributed by atoms with van der Waals surface area (Å²) in [6.07, 6.45) is 2.49. The van der Waals surface area contributed by atoms with Crippen LogP contribution in [0.25, 0.3) is 5.65 Å². The van der Waals surface area contributed by atoms with Crippen molar-refractivity contribution >= 4 is 39.0 Å². The molecule has 0 unspecified atom stereocenters. The Hall–Kier alpha value is -2.47. The number of carbonyl (C=O) groups is 2. The highest BCUT2D eigenvalue weighted by molar-refractivity contribution is 9.10. The van der Waals surface area contributed by atoms with E-state index in [1.165, 1.54) is 6.92 Å². The van der Waals surface area contributed by atoms with Crippen LogP contribution < -0.4 is 5.32 Å². The van der Waals surface area contributed by atoms with Crippen molar-refractivity contribution < 1.29 is 9.59 Å². The molecule has 0 saturated heterocycles. The normalized spacial score (nSPS) is 10.8. The van der Waals surface area contributed by atoms with Crippen molar-refractivity contribution in [3.63, 3.8) is 0 Å². The van der Waals surface area contributed by atoms with E-state index >= 15 is 0 Å². The van der Waals surface area contributed by atoms with Gasteiger partial charge in [0.2, 0.25) is 0 Å². The van der Waals surface area contributed by atoms with Gasteiger partial charge in [0.15, 0.2) is 5.78 Å². The van der Waals surface area contributed by atoms with E-state index in [-0.39, 0.29) is 11.7 Å². The van der Waals surface area contributed by atoms with Gasteiger partial charge in [0, 0.05) is 21.9 Å². The van der Waals surface area contributed by atoms with E-state index in [2.05, 4.69) is 26.2 Å². The van der Waals surface area contributed by atoms with Gasteiger partial charge in [0.05, 0.1) is 5.69 Å². The molecule has 122 valence electrons. The van der Waals surface area contributed by atoms with Gasteiger partial charge in [-0.05, 0) is 65.7 Å². The maximum atomic E-state index is 12.7. The Balaban J connectivity index is 1.96. The highest BCUT2D eigenvalue weighted by Crippen LogP contribution is 2.19. The van der Waals surface area contributed by atoms with Crippen LogP contribution in [0.15, 0.2) is 47.1 Å². The molecule has 0 bridgehead atoms. The molecule has 6 heteroatoms. The molecule has 1 N–H and O–H groups in total. The third-order valence-corrected chi connectivity index (χ3v) is 4.22. The largest absolute Gasteiger partial charge is 0.321 e. The molecular weight excluding hydrogens is 370 g/mol. The lowest BCUT2D eigenvalue weighted by molar-refractivity contribution is 0.101. The van der Waals surface area contributed by atoms with Crippen LogP contribution >= 0.6 is 15.9 Å². The predicted molar refractivity (Wildman–Crippen MR) is 96.7 cm³/mol. The minimum Gasteiger partial charge on any atom is -0.321 e. The van der Waals surface area contributed by atoms with Crippen molar-refractivity contribution in [1.82, 2.24) is 9.38 Å². The Morgan fingerprint density at radius 3 is 2.50 bits per heavy atom. The second-order valence-electron chi connectivity index (χ2n) is 5.42. The number of aryl methyl sites for hydroxylation is 1. The van der Waals surface area contributed by atoms with Gasteiger partial charge in [-0.2, -0.15) is 0 Å². The maximum absolute atomic E-state index is 12.7. The smallest absolute Gasteiger partial charge is 0.274 e. The fraction of sp³-hybridized carbons (Fsp3) is 0.167. The average molecular weight is 386 g/mol. The van der Waals surface area contributed by atoms with Crippen molar-refractivity contribution in [2.45, 2.75) is 20.3 Å². The summed E-state index contributed by atoms with van der Waals surface area (Å²) in [6, 6.07) is 10.6. The lowest BCUT2D eigenvalue weighted by atomic mass is 10.1. The number of aromatic nitrogens is 2. The molecule has 0 saturated carbocycles. The van der Waals surface area contributed by atoms with Gasteiger partial charge in [0.25, 0.3) is 5.91 Å². The van der Waals surface area contributed by atoms with Gasteiger partial charge in [-0.3, -0.25) is 14.0 Å². The topological polar surface area (TPSA) is 63.5 Å². The van der Waals surface area contributed by atoms with Crippen LogP contribution in [0.2, 0.25) is 0 Å². The monoisotopic (exact) mass is 385 g/mol. The zero-order valence-corrected chi connectivity index (χ0v) is 14.9. The number of benzene rings is 1. The van der Waals surface area contributed by atoms with Gasteiger partial charge >= 0.3 is 0 Å². The number of hydrogen-bond acceptors (Lipinski definition) is 3. The van der Waals surface area contributed by atoms with Gasteiger partial charge in [-0.15, -0.1) is 0 Å². The fourth-order valence-corrected chi connectivity index (χ4v) is 2.87.